The molecule has 2 heterocycles. The molecule has 1 saturated heterocycles. The number of benzene rings is 1. The fraction of sp³-hybridized carbons (Fsp3) is 0.211. The van der Waals surface area contributed by atoms with Gasteiger partial charge in [0.1, 0.15) is 5.82 Å². The highest BCUT2D eigenvalue weighted by Gasteiger charge is 2.24. The van der Waals surface area contributed by atoms with Crippen LogP contribution < -0.4 is 4.90 Å². The third-order valence-electron chi connectivity index (χ3n) is 4.10. The minimum atomic E-state index is -0.419. The molecule has 3 rings (SSSR count). The van der Waals surface area contributed by atoms with Crippen molar-refractivity contribution in [1.29, 1.82) is 0 Å². The van der Waals surface area contributed by atoms with Crippen molar-refractivity contribution in [1.82, 2.24) is 9.88 Å². The Kier molecular flexibility index (Phi) is 5.13. The molecule has 1 aromatic heterocycles. The lowest BCUT2D eigenvalue weighted by atomic mass is 10.2. The first-order valence-electron chi connectivity index (χ1n) is 8.10. The fourth-order valence-corrected chi connectivity index (χ4v) is 2.75. The number of rotatable bonds is 3. The number of halogens is 1. The maximum absolute atomic E-state index is 13.2. The third kappa shape index (κ3) is 3.98. The molecule has 0 saturated carbocycles. The van der Waals surface area contributed by atoms with E-state index in [0.29, 0.717) is 43.3 Å². The molecule has 0 radical (unpaired) electrons. The second-order valence-electron chi connectivity index (χ2n) is 5.78. The molecule has 0 N–H and O–H groups in total. The van der Waals surface area contributed by atoms with E-state index >= 15 is 0 Å². The second-order valence-corrected chi connectivity index (χ2v) is 5.78. The summed E-state index contributed by atoms with van der Waals surface area (Å²) in [5.41, 5.74) is 1.24. The molecule has 1 aliphatic heterocycles. The predicted molar refractivity (Wildman–Crippen MR) is 97.1 cm³/mol. The molecule has 1 aromatic carbocycles. The highest BCUT2D eigenvalue weighted by atomic mass is 19.1. The van der Waals surface area contributed by atoms with Gasteiger partial charge in [0, 0.05) is 44.0 Å². The third-order valence-corrected chi connectivity index (χ3v) is 4.10. The lowest BCUT2D eigenvalue weighted by Crippen LogP contribution is -2.46. The SMILES string of the molecule is C=C(C#Cc1cccc(F)c1)N1CCN(c2ncccc2[N+](=O)[O-])CC1. The van der Waals surface area contributed by atoms with Crippen molar-refractivity contribution < 1.29 is 9.31 Å². The normalized spacial score (nSPS) is 13.7. The maximum Gasteiger partial charge on any atom is 0.311 e. The van der Waals surface area contributed by atoms with Crippen LogP contribution >= 0.6 is 0 Å². The number of anilines is 1. The Labute approximate surface area is 150 Å². The van der Waals surface area contributed by atoms with Crippen LogP contribution in [-0.2, 0) is 0 Å². The summed E-state index contributed by atoms with van der Waals surface area (Å²) in [4.78, 5) is 18.8. The summed E-state index contributed by atoms with van der Waals surface area (Å²) in [7, 11) is 0. The number of hydrogen-bond acceptors (Lipinski definition) is 5. The second kappa shape index (κ2) is 7.66. The molecule has 7 heteroatoms. The van der Waals surface area contributed by atoms with Gasteiger partial charge in [0.25, 0.3) is 0 Å². The van der Waals surface area contributed by atoms with E-state index in [-0.39, 0.29) is 11.5 Å². The summed E-state index contributed by atoms with van der Waals surface area (Å²) in [5, 5.41) is 11.2. The Morgan fingerprint density at radius 1 is 1.23 bits per heavy atom. The summed E-state index contributed by atoms with van der Waals surface area (Å²) in [6.07, 6.45) is 1.55. The van der Waals surface area contributed by atoms with E-state index < -0.39 is 4.92 Å². The molecule has 26 heavy (non-hydrogen) atoms. The lowest BCUT2D eigenvalue weighted by molar-refractivity contribution is -0.384. The van der Waals surface area contributed by atoms with Crippen molar-refractivity contribution in [3.63, 3.8) is 0 Å². The van der Waals surface area contributed by atoms with Crippen LogP contribution in [0, 0.1) is 27.8 Å². The van der Waals surface area contributed by atoms with E-state index in [2.05, 4.69) is 23.4 Å². The Bertz CT molecular complexity index is 896. The van der Waals surface area contributed by atoms with Crippen LogP contribution in [0.1, 0.15) is 5.56 Å². The van der Waals surface area contributed by atoms with E-state index in [1.54, 1.807) is 24.4 Å². The van der Waals surface area contributed by atoms with Gasteiger partial charge < -0.3 is 9.80 Å². The van der Waals surface area contributed by atoms with Gasteiger partial charge in [-0.05, 0) is 30.2 Å². The van der Waals surface area contributed by atoms with E-state index in [4.69, 9.17) is 0 Å². The zero-order chi connectivity index (χ0) is 18.5. The first-order chi connectivity index (χ1) is 12.5. The highest BCUT2D eigenvalue weighted by molar-refractivity contribution is 5.57. The minimum absolute atomic E-state index is 0.00525. The van der Waals surface area contributed by atoms with Gasteiger partial charge in [-0.3, -0.25) is 10.1 Å². The maximum atomic E-state index is 13.2. The van der Waals surface area contributed by atoms with Crippen LogP contribution in [0.2, 0.25) is 0 Å². The molecule has 0 atom stereocenters. The molecule has 0 bridgehead atoms. The first-order valence-corrected chi connectivity index (χ1v) is 8.10. The minimum Gasteiger partial charge on any atom is -0.362 e. The number of nitro groups is 1. The molecule has 0 aliphatic carbocycles. The van der Waals surface area contributed by atoms with Crippen LogP contribution in [0.3, 0.4) is 0 Å². The summed E-state index contributed by atoms with van der Waals surface area (Å²) < 4.78 is 13.2. The van der Waals surface area contributed by atoms with Gasteiger partial charge in [-0.1, -0.05) is 18.6 Å². The smallest absolute Gasteiger partial charge is 0.311 e. The van der Waals surface area contributed by atoms with Crippen LogP contribution in [-0.4, -0.2) is 41.0 Å². The summed E-state index contributed by atoms with van der Waals surface area (Å²) in [6.45, 7) is 6.40. The van der Waals surface area contributed by atoms with Gasteiger partial charge in [-0.25, -0.2) is 9.37 Å². The molecular weight excluding hydrogens is 335 g/mol. The fourth-order valence-electron chi connectivity index (χ4n) is 2.75. The van der Waals surface area contributed by atoms with Gasteiger partial charge in [-0.2, -0.15) is 0 Å². The van der Waals surface area contributed by atoms with Crippen molar-refractivity contribution in [2.24, 2.45) is 0 Å². The van der Waals surface area contributed by atoms with Gasteiger partial charge in [0.15, 0.2) is 0 Å². The Morgan fingerprint density at radius 3 is 2.69 bits per heavy atom. The molecule has 0 spiro atoms. The Balaban J connectivity index is 1.64. The van der Waals surface area contributed by atoms with Gasteiger partial charge >= 0.3 is 5.69 Å². The lowest BCUT2D eigenvalue weighted by Gasteiger charge is -2.35. The number of hydrogen-bond donors (Lipinski definition) is 0. The Morgan fingerprint density at radius 2 is 2.00 bits per heavy atom. The summed E-state index contributed by atoms with van der Waals surface area (Å²) >= 11 is 0. The van der Waals surface area contributed by atoms with Gasteiger partial charge in [0.05, 0.1) is 10.6 Å². The number of pyridine rings is 1. The Hall–Kier alpha value is -3.40. The molecular formula is C19H17FN4O2. The van der Waals surface area contributed by atoms with Crippen LogP contribution in [0.5, 0.6) is 0 Å². The van der Waals surface area contributed by atoms with Crippen molar-refractivity contribution in [2.75, 3.05) is 31.1 Å². The average Bonchev–Trinajstić information content (AvgIpc) is 2.66. The van der Waals surface area contributed by atoms with Crippen LogP contribution in [0.15, 0.2) is 54.9 Å². The van der Waals surface area contributed by atoms with E-state index in [1.165, 1.54) is 18.2 Å². The summed E-state index contributed by atoms with van der Waals surface area (Å²) in [5.74, 6) is 5.91. The number of aromatic nitrogens is 1. The molecule has 2 aromatic rings. The predicted octanol–water partition coefficient (Wildman–Crippen LogP) is 2.82. The number of nitrogens with zero attached hydrogens (tertiary/aromatic N) is 4. The molecule has 6 nitrogen and oxygen atoms in total. The largest absolute Gasteiger partial charge is 0.362 e. The molecule has 1 aliphatic rings. The van der Waals surface area contributed by atoms with Crippen molar-refractivity contribution in [3.8, 4) is 11.8 Å². The van der Waals surface area contributed by atoms with Crippen LogP contribution in [0.25, 0.3) is 0 Å². The van der Waals surface area contributed by atoms with Crippen molar-refractivity contribution >= 4 is 11.5 Å². The summed E-state index contributed by atoms with van der Waals surface area (Å²) in [6, 6.07) is 9.11. The molecule has 0 amide bonds. The monoisotopic (exact) mass is 352 g/mol. The van der Waals surface area contributed by atoms with Crippen molar-refractivity contribution in [2.45, 2.75) is 0 Å². The van der Waals surface area contributed by atoms with Gasteiger partial charge in [0.2, 0.25) is 5.82 Å². The van der Waals surface area contributed by atoms with Gasteiger partial charge in [-0.15, -0.1) is 0 Å². The highest BCUT2D eigenvalue weighted by Crippen LogP contribution is 2.26. The zero-order valence-corrected chi connectivity index (χ0v) is 14.1. The first kappa shape index (κ1) is 17.4. The van der Waals surface area contributed by atoms with E-state index in [0.717, 1.165) is 0 Å². The van der Waals surface area contributed by atoms with E-state index in [1.807, 2.05) is 9.80 Å². The number of piperazine rings is 1. The average molecular weight is 352 g/mol. The molecule has 0 unspecified atom stereocenters. The molecule has 132 valence electrons. The van der Waals surface area contributed by atoms with Crippen molar-refractivity contribution in [3.05, 3.63) is 76.4 Å². The standard InChI is InChI=1S/C19H17FN4O2/c1-15(7-8-16-4-2-5-17(20)14-16)22-10-12-23(13-11-22)19-18(24(25)26)6-3-9-21-19/h2-6,9,14H,1,10-13H2. The number of allylic oxidation sites excluding steroid dienone is 1. The topological polar surface area (TPSA) is 62.5 Å². The zero-order valence-electron chi connectivity index (χ0n) is 14.1. The quantitative estimate of drug-likeness (QED) is 0.483. The molecule has 1 fully saturated rings. The van der Waals surface area contributed by atoms with E-state index in [9.17, 15) is 14.5 Å². The van der Waals surface area contributed by atoms with Crippen LogP contribution in [0.4, 0.5) is 15.9 Å².